The van der Waals surface area contributed by atoms with E-state index in [9.17, 15) is 4.79 Å². The SMILES string of the molecule is Cc1ccc(CNC(=O)N2CCN(c3ncnc4cc(-c5cn(C)nc5C)sc34)CC2)cc1. The number of anilines is 1. The number of nitrogens with one attached hydrogen (secondary N) is 1. The molecule has 9 heteroatoms. The van der Waals surface area contributed by atoms with Gasteiger partial charge in [-0.1, -0.05) is 29.8 Å². The lowest BCUT2D eigenvalue weighted by Gasteiger charge is -2.35. The van der Waals surface area contributed by atoms with Crippen molar-refractivity contribution in [2.24, 2.45) is 7.05 Å². The van der Waals surface area contributed by atoms with Crippen LogP contribution in [0.2, 0.25) is 0 Å². The number of urea groups is 1. The largest absolute Gasteiger partial charge is 0.352 e. The molecule has 1 aliphatic heterocycles. The van der Waals surface area contributed by atoms with Crippen molar-refractivity contribution in [3.63, 3.8) is 0 Å². The standard InChI is InChI=1S/C24H27N7OS/c1-16-4-6-18(7-5-16)13-25-24(32)31-10-8-30(9-11-31)23-22-20(26-15-27-23)12-21(33-22)19-14-29(3)28-17(19)2/h4-7,12,14-15H,8-11,13H2,1-3H3,(H,25,32). The average molecular weight is 462 g/mol. The van der Waals surface area contributed by atoms with E-state index in [1.165, 1.54) is 5.56 Å². The van der Waals surface area contributed by atoms with Gasteiger partial charge < -0.3 is 15.1 Å². The predicted molar refractivity (Wildman–Crippen MR) is 132 cm³/mol. The van der Waals surface area contributed by atoms with Crippen LogP contribution in [0.1, 0.15) is 16.8 Å². The Balaban J connectivity index is 1.26. The van der Waals surface area contributed by atoms with Crippen molar-refractivity contribution in [3.8, 4) is 10.4 Å². The Labute approximate surface area is 196 Å². The van der Waals surface area contributed by atoms with Gasteiger partial charge in [-0.3, -0.25) is 4.68 Å². The first kappa shape index (κ1) is 21.4. The fourth-order valence-electron chi connectivity index (χ4n) is 4.16. The molecule has 2 amide bonds. The fourth-order valence-corrected chi connectivity index (χ4v) is 5.35. The minimum absolute atomic E-state index is 0.0199. The molecule has 3 aromatic heterocycles. The number of hydrogen-bond acceptors (Lipinski definition) is 6. The van der Waals surface area contributed by atoms with Crippen LogP contribution in [-0.2, 0) is 13.6 Å². The van der Waals surface area contributed by atoms with Crippen LogP contribution in [0.25, 0.3) is 20.7 Å². The zero-order valence-corrected chi connectivity index (χ0v) is 19.9. The molecule has 170 valence electrons. The summed E-state index contributed by atoms with van der Waals surface area (Å²) in [4.78, 5) is 27.0. The minimum Gasteiger partial charge on any atom is -0.352 e. The number of aromatic nitrogens is 4. The number of nitrogens with zero attached hydrogens (tertiary/aromatic N) is 6. The van der Waals surface area contributed by atoms with Gasteiger partial charge >= 0.3 is 6.03 Å². The van der Waals surface area contributed by atoms with Gasteiger partial charge in [-0.05, 0) is 25.5 Å². The zero-order valence-electron chi connectivity index (χ0n) is 19.1. The van der Waals surface area contributed by atoms with E-state index >= 15 is 0 Å². The van der Waals surface area contributed by atoms with Gasteiger partial charge in [0.25, 0.3) is 0 Å². The number of thiophene rings is 1. The molecule has 4 aromatic rings. The summed E-state index contributed by atoms with van der Waals surface area (Å²) in [5.41, 5.74) is 5.40. The van der Waals surface area contributed by atoms with Gasteiger partial charge in [0.1, 0.15) is 12.1 Å². The number of piperazine rings is 1. The summed E-state index contributed by atoms with van der Waals surface area (Å²) in [6.07, 6.45) is 3.67. The van der Waals surface area contributed by atoms with E-state index in [2.05, 4.69) is 62.5 Å². The molecule has 0 bridgehead atoms. The Bertz CT molecular complexity index is 1290. The Morgan fingerprint density at radius 3 is 2.55 bits per heavy atom. The van der Waals surface area contributed by atoms with Crippen molar-refractivity contribution in [3.05, 3.63) is 59.7 Å². The summed E-state index contributed by atoms with van der Waals surface area (Å²) < 4.78 is 2.91. The monoisotopic (exact) mass is 461 g/mol. The van der Waals surface area contributed by atoms with Gasteiger partial charge in [-0.2, -0.15) is 5.10 Å². The van der Waals surface area contributed by atoms with Crippen molar-refractivity contribution >= 4 is 33.4 Å². The number of carbonyl (C=O) groups is 1. The quantitative estimate of drug-likeness (QED) is 0.501. The lowest BCUT2D eigenvalue weighted by Crippen LogP contribution is -2.51. The molecular weight excluding hydrogens is 434 g/mol. The van der Waals surface area contributed by atoms with Crippen LogP contribution < -0.4 is 10.2 Å². The summed E-state index contributed by atoms with van der Waals surface area (Å²) in [5, 5.41) is 7.50. The molecule has 1 aliphatic rings. The highest BCUT2D eigenvalue weighted by Crippen LogP contribution is 2.38. The molecule has 1 N–H and O–H groups in total. The normalized spacial score (nSPS) is 14.2. The Hall–Kier alpha value is -3.46. The molecule has 0 radical (unpaired) electrons. The highest BCUT2D eigenvalue weighted by Gasteiger charge is 2.24. The van der Waals surface area contributed by atoms with E-state index in [1.54, 1.807) is 17.7 Å². The first-order valence-electron chi connectivity index (χ1n) is 11.1. The molecule has 0 aliphatic carbocycles. The summed E-state index contributed by atoms with van der Waals surface area (Å²) in [7, 11) is 1.94. The number of benzene rings is 1. The zero-order chi connectivity index (χ0) is 22.9. The number of amides is 2. The van der Waals surface area contributed by atoms with Crippen LogP contribution in [0.15, 0.2) is 42.9 Å². The average Bonchev–Trinajstić information content (AvgIpc) is 3.40. The molecular formula is C24H27N7OS. The van der Waals surface area contributed by atoms with Gasteiger partial charge in [-0.25, -0.2) is 14.8 Å². The van der Waals surface area contributed by atoms with E-state index < -0.39 is 0 Å². The van der Waals surface area contributed by atoms with Gasteiger partial charge in [-0.15, -0.1) is 11.3 Å². The van der Waals surface area contributed by atoms with E-state index in [0.717, 1.165) is 50.8 Å². The number of carbonyl (C=O) groups excluding carboxylic acids is 1. The lowest BCUT2D eigenvalue weighted by molar-refractivity contribution is 0.194. The fraction of sp³-hybridized carbons (Fsp3) is 0.333. The molecule has 33 heavy (non-hydrogen) atoms. The first-order chi connectivity index (χ1) is 16.0. The van der Waals surface area contributed by atoms with Crippen LogP contribution in [-0.4, -0.2) is 56.9 Å². The number of fused-ring (bicyclic) bond motifs is 1. The summed E-state index contributed by atoms with van der Waals surface area (Å²) >= 11 is 1.70. The highest BCUT2D eigenvalue weighted by molar-refractivity contribution is 7.22. The van der Waals surface area contributed by atoms with Gasteiger partial charge in [0, 0.05) is 56.4 Å². The second-order valence-corrected chi connectivity index (χ2v) is 9.49. The maximum atomic E-state index is 12.7. The van der Waals surface area contributed by atoms with Gasteiger partial charge in [0.2, 0.25) is 0 Å². The Kier molecular flexibility index (Phi) is 5.72. The van der Waals surface area contributed by atoms with Crippen molar-refractivity contribution in [2.75, 3.05) is 31.1 Å². The molecule has 0 spiro atoms. The van der Waals surface area contributed by atoms with Crippen molar-refractivity contribution in [1.82, 2.24) is 30.0 Å². The van der Waals surface area contributed by atoms with Crippen molar-refractivity contribution < 1.29 is 4.79 Å². The van der Waals surface area contributed by atoms with Crippen LogP contribution in [0.5, 0.6) is 0 Å². The third kappa shape index (κ3) is 4.41. The first-order valence-corrected chi connectivity index (χ1v) is 11.9. The van der Waals surface area contributed by atoms with Gasteiger partial charge in [0.05, 0.1) is 15.9 Å². The topological polar surface area (TPSA) is 79.2 Å². The Morgan fingerprint density at radius 2 is 1.85 bits per heavy atom. The van der Waals surface area contributed by atoms with Gasteiger partial charge in [0.15, 0.2) is 0 Å². The van der Waals surface area contributed by atoms with Crippen molar-refractivity contribution in [1.29, 1.82) is 0 Å². The predicted octanol–water partition coefficient (Wildman–Crippen LogP) is 3.74. The third-order valence-corrected chi connectivity index (χ3v) is 7.16. The lowest BCUT2D eigenvalue weighted by atomic mass is 10.1. The minimum atomic E-state index is -0.0199. The molecule has 0 unspecified atom stereocenters. The van der Waals surface area contributed by atoms with E-state index in [1.807, 2.05) is 29.7 Å². The van der Waals surface area contributed by atoms with E-state index in [0.29, 0.717) is 19.6 Å². The molecule has 4 heterocycles. The summed E-state index contributed by atoms with van der Waals surface area (Å²) in [6.45, 7) is 7.42. The van der Waals surface area contributed by atoms with Crippen LogP contribution in [0.4, 0.5) is 10.6 Å². The molecule has 0 atom stereocenters. The second-order valence-electron chi connectivity index (χ2n) is 8.44. The number of aryl methyl sites for hydroxylation is 3. The smallest absolute Gasteiger partial charge is 0.317 e. The molecule has 5 rings (SSSR count). The molecule has 0 saturated carbocycles. The Morgan fingerprint density at radius 1 is 1.09 bits per heavy atom. The van der Waals surface area contributed by atoms with Crippen LogP contribution in [0, 0.1) is 13.8 Å². The van der Waals surface area contributed by atoms with Crippen LogP contribution >= 0.6 is 11.3 Å². The number of hydrogen-bond donors (Lipinski definition) is 1. The maximum absolute atomic E-state index is 12.7. The van der Waals surface area contributed by atoms with Crippen LogP contribution in [0.3, 0.4) is 0 Å². The van der Waals surface area contributed by atoms with E-state index in [-0.39, 0.29) is 6.03 Å². The molecule has 1 fully saturated rings. The molecule has 8 nitrogen and oxygen atoms in total. The molecule has 1 aromatic carbocycles. The van der Waals surface area contributed by atoms with Crippen molar-refractivity contribution in [2.45, 2.75) is 20.4 Å². The van der Waals surface area contributed by atoms with E-state index in [4.69, 9.17) is 0 Å². The summed E-state index contributed by atoms with van der Waals surface area (Å²) in [5.74, 6) is 0.942. The maximum Gasteiger partial charge on any atom is 0.317 e. The third-order valence-electron chi connectivity index (χ3n) is 6.00. The highest BCUT2D eigenvalue weighted by atomic mass is 32.1. The number of rotatable bonds is 4. The second kappa shape index (κ2) is 8.82. The summed E-state index contributed by atoms with van der Waals surface area (Å²) in [6, 6.07) is 10.3. The molecule has 1 saturated heterocycles.